The molecule has 4 rings (SSSR count). The van der Waals surface area contributed by atoms with E-state index >= 15 is 0 Å². The summed E-state index contributed by atoms with van der Waals surface area (Å²) in [6.07, 6.45) is 7.37. The summed E-state index contributed by atoms with van der Waals surface area (Å²) >= 11 is 0. The number of likely N-dealkylation sites (tertiary alicyclic amines) is 1. The van der Waals surface area contributed by atoms with Crippen LogP contribution < -0.4 is 4.74 Å². The van der Waals surface area contributed by atoms with E-state index in [0.29, 0.717) is 13.5 Å². The molecule has 0 N–H and O–H groups in total. The minimum absolute atomic E-state index is 0.101. The van der Waals surface area contributed by atoms with Gasteiger partial charge >= 0.3 is 0 Å². The normalized spacial score (nSPS) is 23.2. The largest absolute Gasteiger partial charge is 0.494 e. The lowest BCUT2D eigenvalue weighted by molar-refractivity contribution is 0.0695. The summed E-state index contributed by atoms with van der Waals surface area (Å²) in [6.45, 7) is 7.53. The van der Waals surface area contributed by atoms with Gasteiger partial charge in [-0.1, -0.05) is 18.6 Å². The van der Waals surface area contributed by atoms with Crippen LogP contribution in [-0.2, 0) is 15.9 Å². The molecular weight excluding hydrogens is 328 g/mol. The molecule has 3 heterocycles. The maximum atomic E-state index is 5.92. The van der Waals surface area contributed by atoms with Crippen LogP contribution in [0.15, 0.2) is 24.3 Å². The third-order valence-electron chi connectivity index (χ3n) is 6.05. The molecule has 0 unspecified atom stereocenters. The summed E-state index contributed by atoms with van der Waals surface area (Å²) in [5.74, 6) is 0.987. The molecule has 0 spiro atoms. The number of fused-ring (bicyclic) bond motifs is 1. The lowest BCUT2D eigenvalue weighted by atomic mass is 9.93. The van der Waals surface area contributed by atoms with Crippen LogP contribution in [0, 0.1) is 0 Å². The van der Waals surface area contributed by atoms with E-state index in [1.54, 1.807) is 0 Å². The number of hydrogen-bond acceptors (Lipinski definition) is 5. The second-order valence-corrected chi connectivity index (χ2v) is 7.97. The van der Waals surface area contributed by atoms with Gasteiger partial charge in [0.2, 0.25) is 0 Å². The third-order valence-corrected chi connectivity index (χ3v) is 6.05. The Hall–Kier alpha value is -1.14. The van der Waals surface area contributed by atoms with Crippen LogP contribution in [0.4, 0.5) is 0 Å². The van der Waals surface area contributed by atoms with E-state index in [0.717, 1.165) is 44.8 Å². The van der Waals surface area contributed by atoms with Crippen LogP contribution >= 0.6 is 0 Å². The van der Waals surface area contributed by atoms with Gasteiger partial charge in [0.1, 0.15) is 19.2 Å². The summed E-state index contributed by atoms with van der Waals surface area (Å²) in [5, 5.41) is 0. The fraction of sp³-hybridized carbons (Fsp3) is 0.714. The molecule has 0 aliphatic carbocycles. The molecule has 144 valence electrons. The van der Waals surface area contributed by atoms with E-state index in [9.17, 15) is 0 Å². The van der Waals surface area contributed by atoms with E-state index in [4.69, 9.17) is 14.2 Å². The number of rotatable bonds is 8. The van der Waals surface area contributed by atoms with E-state index < -0.39 is 0 Å². The Morgan fingerprint density at radius 1 is 0.962 bits per heavy atom. The van der Waals surface area contributed by atoms with Crippen molar-refractivity contribution in [3.8, 4) is 5.75 Å². The first kappa shape index (κ1) is 18.2. The molecule has 5 heteroatoms. The molecule has 3 saturated heterocycles. The van der Waals surface area contributed by atoms with Gasteiger partial charge in [-0.3, -0.25) is 0 Å². The van der Waals surface area contributed by atoms with E-state index in [2.05, 4.69) is 34.1 Å². The molecule has 3 aliphatic heterocycles. The zero-order valence-electron chi connectivity index (χ0n) is 15.8. The average molecular weight is 360 g/mol. The highest BCUT2D eigenvalue weighted by Gasteiger charge is 2.45. The number of benzene rings is 1. The SMILES string of the molecule is c1cc(OCCCN2CCCCC2)ccc1CCC12COCN1COC2. The number of aryl methyl sites for hydroxylation is 1. The van der Waals surface area contributed by atoms with Crippen LogP contribution in [-0.4, -0.2) is 68.3 Å². The average Bonchev–Trinajstić information content (AvgIpc) is 3.26. The smallest absolute Gasteiger partial charge is 0.119 e. The van der Waals surface area contributed by atoms with E-state index in [1.165, 1.54) is 44.5 Å². The molecule has 26 heavy (non-hydrogen) atoms. The topological polar surface area (TPSA) is 34.2 Å². The van der Waals surface area contributed by atoms with Gasteiger partial charge < -0.3 is 19.1 Å². The van der Waals surface area contributed by atoms with Crippen LogP contribution in [0.2, 0.25) is 0 Å². The fourth-order valence-corrected chi connectivity index (χ4v) is 4.32. The monoisotopic (exact) mass is 360 g/mol. The molecule has 0 aromatic heterocycles. The van der Waals surface area contributed by atoms with Gasteiger partial charge in [0.25, 0.3) is 0 Å². The Balaban J connectivity index is 1.17. The van der Waals surface area contributed by atoms with Crippen molar-refractivity contribution in [2.24, 2.45) is 0 Å². The van der Waals surface area contributed by atoms with Gasteiger partial charge in [-0.25, -0.2) is 4.90 Å². The molecule has 1 aromatic rings. The van der Waals surface area contributed by atoms with Crippen LogP contribution in [0.1, 0.15) is 37.7 Å². The Morgan fingerprint density at radius 2 is 1.69 bits per heavy atom. The van der Waals surface area contributed by atoms with Gasteiger partial charge in [-0.2, -0.15) is 0 Å². The Labute approximate surface area is 157 Å². The number of piperidine rings is 1. The van der Waals surface area contributed by atoms with Gasteiger partial charge in [-0.05, 0) is 62.9 Å². The summed E-state index contributed by atoms with van der Waals surface area (Å²) < 4.78 is 17.2. The summed E-state index contributed by atoms with van der Waals surface area (Å²) in [7, 11) is 0. The molecular formula is C21H32N2O3. The molecule has 3 fully saturated rings. The van der Waals surface area contributed by atoms with Gasteiger partial charge in [-0.15, -0.1) is 0 Å². The Morgan fingerprint density at radius 3 is 2.42 bits per heavy atom. The van der Waals surface area contributed by atoms with Crippen molar-refractivity contribution in [3.05, 3.63) is 29.8 Å². The molecule has 0 saturated carbocycles. The van der Waals surface area contributed by atoms with Crippen molar-refractivity contribution in [3.63, 3.8) is 0 Å². The second-order valence-electron chi connectivity index (χ2n) is 7.97. The standard InChI is InChI=1S/C21H32N2O3/c1-2-11-22(12-3-1)13-4-14-26-20-7-5-19(6-8-20)9-10-21-15-24-17-23(21)18-25-16-21/h5-8H,1-4,9-18H2. The first-order valence-corrected chi connectivity index (χ1v) is 10.2. The maximum Gasteiger partial charge on any atom is 0.119 e. The molecule has 1 aromatic carbocycles. The highest BCUT2D eigenvalue weighted by molar-refractivity contribution is 5.27. The first-order valence-electron chi connectivity index (χ1n) is 10.2. The van der Waals surface area contributed by atoms with Gasteiger partial charge in [0.05, 0.1) is 25.4 Å². The second kappa shape index (κ2) is 8.70. The van der Waals surface area contributed by atoms with Crippen LogP contribution in [0.25, 0.3) is 0 Å². The first-order chi connectivity index (χ1) is 12.8. The van der Waals surface area contributed by atoms with Crippen LogP contribution in [0.3, 0.4) is 0 Å². The highest BCUT2D eigenvalue weighted by Crippen LogP contribution is 2.32. The molecule has 3 aliphatic rings. The maximum absolute atomic E-state index is 5.92. The van der Waals surface area contributed by atoms with Crippen molar-refractivity contribution in [2.45, 2.75) is 44.1 Å². The quantitative estimate of drug-likeness (QED) is 0.666. The molecule has 0 bridgehead atoms. The molecule has 0 radical (unpaired) electrons. The zero-order chi connectivity index (χ0) is 17.7. The van der Waals surface area contributed by atoms with Crippen molar-refractivity contribution in [1.29, 1.82) is 0 Å². The lowest BCUT2D eigenvalue weighted by Gasteiger charge is -2.27. The Kier molecular flexibility index (Phi) is 6.10. The number of ether oxygens (including phenoxy) is 3. The van der Waals surface area contributed by atoms with Crippen molar-refractivity contribution < 1.29 is 14.2 Å². The fourth-order valence-electron chi connectivity index (χ4n) is 4.32. The molecule has 0 amide bonds. The summed E-state index contributed by atoms with van der Waals surface area (Å²) in [4.78, 5) is 4.89. The summed E-state index contributed by atoms with van der Waals surface area (Å²) in [5.41, 5.74) is 1.46. The minimum atomic E-state index is 0.101. The van der Waals surface area contributed by atoms with Crippen LogP contribution in [0.5, 0.6) is 5.75 Å². The predicted molar refractivity (Wildman–Crippen MR) is 101 cm³/mol. The predicted octanol–water partition coefficient (Wildman–Crippen LogP) is 2.89. The zero-order valence-corrected chi connectivity index (χ0v) is 15.8. The van der Waals surface area contributed by atoms with E-state index in [1.807, 2.05) is 0 Å². The summed E-state index contributed by atoms with van der Waals surface area (Å²) in [6, 6.07) is 8.63. The number of hydrogen-bond donors (Lipinski definition) is 0. The Bertz CT molecular complexity index is 547. The van der Waals surface area contributed by atoms with E-state index in [-0.39, 0.29) is 5.54 Å². The van der Waals surface area contributed by atoms with Gasteiger partial charge in [0, 0.05) is 6.54 Å². The number of nitrogens with zero attached hydrogens (tertiary/aromatic N) is 2. The van der Waals surface area contributed by atoms with Crippen molar-refractivity contribution in [1.82, 2.24) is 9.80 Å². The third kappa shape index (κ3) is 4.39. The lowest BCUT2D eigenvalue weighted by Crippen LogP contribution is -2.43. The highest BCUT2D eigenvalue weighted by atomic mass is 16.6. The van der Waals surface area contributed by atoms with Crippen molar-refractivity contribution in [2.75, 3.05) is 52.9 Å². The van der Waals surface area contributed by atoms with Gasteiger partial charge in [0.15, 0.2) is 0 Å². The molecule has 5 nitrogen and oxygen atoms in total. The minimum Gasteiger partial charge on any atom is -0.494 e. The van der Waals surface area contributed by atoms with Crippen molar-refractivity contribution >= 4 is 0 Å². The molecule has 0 atom stereocenters.